The molecule has 1 N–H and O–H groups in total. The van der Waals surface area contributed by atoms with Crippen LogP contribution in [0.1, 0.15) is 6.92 Å². The Bertz CT molecular complexity index is 551. The maximum atomic E-state index is 12.9. The van der Waals surface area contributed by atoms with Crippen molar-refractivity contribution in [2.45, 2.75) is 6.92 Å². The van der Waals surface area contributed by atoms with Crippen LogP contribution in [-0.4, -0.2) is 16.5 Å². The van der Waals surface area contributed by atoms with Gasteiger partial charge >= 0.3 is 0 Å². The number of ether oxygens (including phenoxy) is 1. The largest absolute Gasteiger partial charge is 0.438 e. The second-order valence-electron chi connectivity index (χ2n) is 3.45. The molecular formula is C12H11BrFN3O. The van der Waals surface area contributed by atoms with Gasteiger partial charge in [-0.05, 0) is 41.1 Å². The summed E-state index contributed by atoms with van der Waals surface area (Å²) in [4.78, 5) is 8.03. The maximum Gasteiger partial charge on any atom is 0.224 e. The fraction of sp³-hybridized carbons (Fsp3) is 0.167. The third kappa shape index (κ3) is 3.16. The van der Waals surface area contributed by atoms with Gasteiger partial charge in [0, 0.05) is 12.6 Å². The van der Waals surface area contributed by atoms with Gasteiger partial charge < -0.3 is 10.1 Å². The van der Waals surface area contributed by atoms with Crippen molar-refractivity contribution in [3.8, 4) is 11.6 Å². The number of rotatable bonds is 4. The molecule has 0 aliphatic rings. The first kappa shape index (κ1) is 12.8. The number of aromatic nitrogens is 2. The average Bonchev–Trinajstić information content (AvgIpc) is 2.34. The molecule has 18 heavy (non-hydrogen) atoms. The second kappa shape index (κ2) is 5.77. The minimum absolute atomic E-state index is 0.328. The van der Waals surface area contributed by atoms with Gasteiger partial charge in [-0.2, -0.15) is 0 Å². The Labute approximate surface area is 112 Å². The van der Waals surface area contributed by atoms with E-state index in [1.807, 2.05) is 6.92 Å². The lowest BCUT2D eigenvalue weighted by Gasteiger charge is -2.08. The van der Waals surface area contributed by atoms with E-state index in [0.29, 0.717) is 21.9 Å². The zero-order valence-corrected chi connectivity index (χ0v) is 11.2. The molecule has 1 aromatic heterocycles. The Morgan fingerprint density at radius 1 is 1.33 bits per heavy atom. The van der Waals surface area contributed by atoms with Gasteiger partial charge in [0.2, 0.25) is 5.88 Å². The fourth-order valence-electron chi connectivity index (χ4n) is 1.34. The smallest absolute Gasteiger partial charge is 0.224 e. The summed E-state index contributed by atoms with van der Waals surface area (Å²) < 4.78 is 19.0. The predicted octanol–water partition coefficient (Wildman–Crippen LogP) is 3.60. The molecule has 94 valence electrons. The summed E-state index contributed by atoms with van der Waals surface area (Å²) in [5.74, 6) is 1.25. The molecule has 0 radical (unpaired) electrons. The predicted molar refractivity (Wildman–Crippen MR) is 70.4 cm³/mol. The maximum absolute atomic E-state index is 12.9. The van der Waals surface area contributed by atoms with Crippen LogP contribution in [0.25, 0.3) is 0 Å². The van der Waals surface area contributed by atoms with Gasteiger partial charge in [0.25, 0.3) is 0 Å². The van der Waals surface area contributed by atoms with Crippen molar-refractivity contribution in [2.24, 2.45) is 0 Å². The molecule has 0 fully saturated rings. The normalized spacial score (nSPS) is 10.2. The van der Waals surface area contributed by atoms with Gasteiger partial charge in [0.05, 0.1) is 4.47 Å². The molecule has 0 atom stereocenters. The first-order valence-electron chi connectivity index (χ1n) is 5.38. The van der Waals surface area contributed by atoms with Crippen molar-refractivity contribution in [2.75, 3.05) is 11.9 Å². The Morgan fingerprint density at radius 3 is 2.89 bits per heavy atom. The third-order valence-corrected chi connectivity index (χ3v) is 2.73. The van der Waals surface area contributed by atoms with Gasteiger partial charge in [0.1, 0.15) is 23.7 Å². The standard InChI is InChI=1S/C12H11BrFN3O/c1-2-15-11-6-12(17-7-16-11)18-10-4-3-8(14)5-9(10)13/h3-7H,2H2,1H3,(H,15,16,17). The van der Waals surface area contributed by atoms with Crippen LogP contribution in [0.5, 0.6) is 11.6 Å². The zero-order chi connectivity index (χ0) is 13.0. The van der Waals surface area contributed by atoms with E-state index in [0.717, 1.165) is 6.54 Å². The third-order valence-electron chi connectivity index (χ3n) is 2.11. The summed E-state index contributed by atoms with van der Waals surface area (Å²) in [6, 6.07) is 5.88. The lowest BCUT2D eigenvalue weighted by atomic mass is 10.3. The summed E-state index contributed by atoms with van der Waals surface area (Å²) in [7, 11) is 0. The van der Waals surface area contributed by atoms with Gasteiger partial charge in [-0.3, -0.25) is 0 Å². The first-order valence-corrected chi connectivity index (χ1v) is 6.17. The zero-order valence-electron chi connectivity index (χ0n) is 9.65. The molecule has 0 saturated heterocycles. The van der Waals surface area contributed by atoms with Crippen LogP contribution in [0.15, 0.2) is 35.1 Å². The van der Waals surface area contributed by atoms with Crippen molar-refractivity contribution < 1.29 is 9.13 Å². The molecule has 1 aromatic carbocycles. The molecule has 6 heteroatoms. The van der Waals surface area contributed by atoms with Gasteiger partial charge in [-0.25, -0.2) is 14.4 Å². The first-order chi connectivity index (χ1) is 8.69. The highest BCUT2D eigenvalue weighted by Crippen LogP contribution is 2.29. The Balaban J connectivity index is 2.20. The molecule has 0 unspecified atom stereocenters. The van der Waals surface area contributed by atoms with Crippen LogP contribution in [0.3, 0.4) is 0 Å². The monoisotopic (exact) mass is 311 g/mol. The van der Waals surface area contributed by atoms with Crippen LogP contribution < -0.4 is 10.1 Å². The SMILES string of the molecule is CCNc1cc(Oc2ccc(F)cc2Br)ncn1. The van der Waals surface area contributed by atoms with E-state index in [2.05, 4.69) is 31.2 Å². The fourth-order valence-corrected chi connectivity index (χ4v) is 1.78. The number of halogens is 2. The molecule has 0 bridgehead atoms. The molecule has 0 aliphatic carbocycles. The Morgan fingerprint density at radius 2 is 2.17 bits per heavy atom. The minimum atomic E-state index is -0.328. The van der Waals surface area contributed by atoms with Crippen LogP contribution >= 0.6 is 15.9 Å². The molecule has 2 rings (SSSR count). The molecule has 2 aromatic rings. The molecule has 0 amide bonds. The second-order valence-corrected chi connectivity index (χ2v) is 4.30. The van der Waals surface area contributed by atoms with Gasteiger partial charge in [0.15, 0.2) is 0 Å². The average molecular weight is 312 g/mol. The number of nitrogens with zero attached hydrogens (tertiary/aromatic N) is 2. The summed E-state index contributed by atoms with van der Waals surface area (Å²) in [5, 5.41) is 3.05. The molecule has 0 aliphatic heterocycles. The minimum Gasteiger partial charge on any atom is -0.438 e. The number of benzene rings is 1. The lowest BCUT2D eigenvalue weighted by molar-refractivity contribution is 0.457. The van der Waals surface area contributed by atoms with Crippen molar-refractivity contribution in [3.05, 3.63) is 40.9 Å². The van der Waals surface area contributed by atoms with E-state index in [1.54, 1.807) is 6.07 Å². The summed E-state index contributed by atoms with van der Waals surface area (Å²) in [6.45, 7) is 2.73. The molecule has 0 spiro atoms. The number of nitrogens with one attached hydrogen (secondary N) is 1. The van der Waals surface area contributed by atoms with E-state index in [9.17, 15) is 4.39 Å². The van der Waals surface area contributed by atoms with Crippen molar-refractivity contribution in [3.63, 3.8) is 0 Å². The number of anilines is 1. The quantitative estimate of drug-likeness (QED) is 0.937. The molecule has 0 saturated carbocycles. The molecule has 4 nitrogen and oxygen atoms in total. The highest BCUT2D eigenvalue weighted by atomic mass is 79.9. The van der Waals surface area contributed by atoms with Crippen LogP contribution in [0.2, 0.25) is 0 Å². The van der Waals surface area contributed by atoms with Crippen LogP contribution in [0.4, 0.5) is 10.2 Å². The van der Waals surface area contributed by atoms with Crippen molar-refractivity contribution >= 4 is 21.7 Å². The molecular weight excluding hydrogens is 301 g/mol. The van der Waals surface area contributed by atoms with E-state index < -0.39 is 0 Å². The Kier molecular flexibility index (Phi) is 4.09. The highest BCUT2D eigenvalue weighted by molar-refractivity contribution is 9.10. The van der Waals surface area contributed by atoms with Gasteiger partial charge in [-0.15, -0.1) is 0 Å². The van der Waals surface area contributed by atoms with E-state index in [4.69, 9.17) is 4.74 Å². The van der Waals surface area contributed by atoms with E-state index in [-0.39, 0.29) is 5.82 Å². The van der Waals surface area contributed by atoms with Crippen molar-refractivity contribution in [1.82, 2.24) is 9.97 Å². The topological polar surface area (TPSA) is 47.0 Å². The van der Waals surface area contributed by atoms with E-state index in [1.165, 1.54) is 24.5 Å². The molecule has 1 heterocycles. The Hall–Kier alpha value is -1.69. The summed E-state index contributed by atoms with van der Waals surface area (Å²) in [6.07, 6.45) is 1.41. The van der Waals surface area contributed by atoms with Gasteiger partial charge in [-0.1, -0.05) is 0 Å². The van der Waals surface area contributed by atoms with Crippen LogP contribution in [0, 0.1) is 5.82 Å². The summed E-state index contributed by atoms with van der Waals surface area (Å²) in [5.41, 5.74) is 0. The lowest BCUT2D eigenvalue weighted by Crippen LogP contribution is -2.00. The van der Waals surface area contributed by atoms with E-state index >= 15 is 0 Å². The highest BCUT2D eigenvalue weighted by Gasteiger charge is 2.06. The number of hydrogen-bond acceptors (Lipinski definition) is 4. The van der Waals surface area contributed by atoms with Crippen LogP contribution in [-0.2, 0) is 0 Å². The van der Waals surface area contributed by atoms with Crippen molar-refractivity contribution in [1.29, 1.82) is 0 Å². The summed E-state index contributed by atoms with van der Waals surface area (Å²) >= 11 is 3.23. The number of hydrogen-bond donors (Lipinski definition) is 1.